The van der Waals surface area contributed by atoms with E-state index in [1.807, 2.05) is 12.3 Å². The molecule has 0 aliphatic carbocycles. The minimum Gasteiger partial charge on any atom is -0.381 e. The molecule has 2 aromatic rings. The van der Waals surface area contributed by atoms with E-state index < -0.39 is 5.41 Å². The van der Waals surface area contributed by atoms with Gasteiger partial charge < -0.3 is 14.6 Å². The molecule has 2 aliphatic heterocycles. The molecule has 1 aromatic heterocycles. The van der Waals surface area contributed by atoms with Crippen molar-refractivity contribution >= 4 is 5.91 Å². The Kier molecular flexibility index (Phi) is 4.29. The van der Waals surface area contributed by atoms with Crippen LogP contribution in [0.1, 0.15) is 30.7 Å². The summed E-state index contributed by atoms with van der Waals surface area (Å²) in [5.41, 5.74) is 0.0303. The van der Waals surface area contributed by atoms with Crippen LogP contribution in [0.5, 0.6) is 0 Å². The van der Waals surface area contributed by atoms with Crippen molar-refractivity contribution in [3.05, 3.63) is 53.9 Å². The lowest BCUT2D eigenvalue weighted by Gasteiger charge is -2.38. The maximum atomic E-state index is 13.8. The first-order chi connectivity index (χ1) is 12.2. The van der Waals surface area contributed by atoms with Gasteiger partial charge in [0.1, 0.15) is 11.6 Å². The molecule has 25 heavy (non-hydrogen) atoms. The van der Waals surface area contributed by atoms with Crippen molar-refractivity contribution in [1.82, 2.24) is 14.9 Å². The lowest BCUT2D eigenvalue weighted by atomic mass is 9.73. The number of nitrogens with one attached hydrogen (secondary N) is 1. The third-order valence-corrected chi connectivity index (χ3v) is 5.43. The second-order valence-electron chi connectivity index (χ2n) is 6.91. The SMILES string of the molecule is O=C(N[C@@H]1CCc2nccn2C1)C1(c2cccc(F)c2)CCOCC1. The molecule has 0 bridgehead atoms. The average molecular weight is 343 g/mol. The van der Waals surface area contributed by atoms with Crippen LogP contribution in [0.15, 0.2) is 36.7 Å². The van der Waals surface area contributed by atoms with Crippen LogP contribution in [-0.4, -0.2) is 34.7 Å². The first-order valence-corrected chi connectivity index (χ1v) is 8.82. The Morgan fingerprint density at radius 3 is 3.00 bits per heavy atom. The van der Waals surface area contributed by atoms with E-state index in [1.165, 1.54) is 12.1 Å². The molecule has 1 N–H and O–H groups in total. The van der Waals surface area contributed by atoms with E-state index in [4.69, 9.17) is 4.74 Å². The van der Waals surface area contributed by atoms with E-state index in [-0.39, 0.29) is 17.8 Å². The number of aryl methyl sites for hydroxylation is 1. The Labute approximate surface area is 146 Å². The number of halogens is 1. The number of amides is 1. The summed E-state index contributed by atoms with van der Waals surface area (Å²) in [7, 11) is 0. The van der Waals surface area contributed by atoms with Gasteiger partial charge in [0.15, 0.2) is 0 Å². The number of imidazole rings is 1. The maximum Gasteiger partial charge on any atom is 0.231 e. The van der Waals surface area contributed by atoms with Crippen LogP contribution in [0.2, 0.25) is 0 Å². The molecule has 3 heterocycles. The van der Waals surface area contributed by atoms with E-state index >= 15 is 0 Å². The fourth-order valence-corrected chi connectivity index (χ4v) is 3.96. The normalized spacial score (nSPS) is 22.2. The van der Waals surface area contributed by atoms with Crippen LogP contribution < -0.4 is 5.32 Å². The van der Waals surface area contributed by atoms with Crippen LogP contribution in [0.25, 0.3) is 0 Å². The number of nitrogens with zero attached hydrogens (tertiary/aromatic N) is 2. The third-order valence-electron chi connectivity index (χ3n) is 5.43. The number of rotatable bonds is 3. The summed E-state index contributed by atoms with van der Waals surface area (Å²) in [4.78, 5) is 17.6. The van der Waals surface area contributed by atoms with E-state index in [0.717, 1.165) is 30.8 Å². The van der Waals surface area contributed by atoms with Crippen LogP contribution in [0, 0.1) is 5.82 Å². The first-order valence-electron chi connectivity index (χ1n) is 8.82. The van der Waals surface area contributed by atoms with Gasteiger partial charge >= 0.3 is 0 Å². The fraction of sp³-hybridized carbons (Fsp3) is 0.474. The van der Waals surface area contributed by atoms with E-state index in [2.05, 4.69) is 14.9 Å². The Bertz CT molecular complexity index is 768. The summed E-state index contributed by atoms with van der Waals surface area (Å²) in [6.45, 7) is 1.76. The maximum absolute atomic E-state index is 13.8. The molecule has 6 heteroatoms. The lowest BCUT2D eigenvalue weighted by molar-refractivity contribution is -0.131. The second kappa shape index (κ2) is 6.59. The molecule has 1 atom stereocenters. The summed E-state index contributed by atoms with van der Waals surface area (Å²) in [6.07, 6.45) is 6.62. The number of carbonyl (C=O) groups is 1. The van der Waals surface area contributed by atoms with Gasteiger partial charge in [-0.1, -0.05) is 12.1 Å². The molecule has 1 amide bonds. The number of ether oxygens (including phenoxy) is 1. The lowest BCUT2D eigenvalue weighted by Crippen LogP contribution is -2.52. The molecule has 1 aromatic carbocycles. The van der Waals surface area contributed by atoms with Crippen molar-refractivity contribution in [3.8, 4) is 0 Å². The summed E-state index contributed by atoms with van der Waals surface area (Å²) in [5, 5.41) is 3.21. The zero-order valence-electron chi connectivity index (χ0n) is 14.1. The molecule has 1 saturated heterocycles. The monoisotopic (exact) mass is 343 g/mol. The van der Waals surface area contributed by atoms with Gasteiger partial charge in [-0.2, -0.15) is 0 Å². The molecule has 2 aliphatic rings. The molecular formula is C19H22FN3O2. The number of carbonyl (C=O) groups excluding carboxylic acids is 1. The van der Waals surface area contributed by atoms with Crippen molar-refractivity contribution in [1.29, 1.82) is 0 Å². The highest BCUT2D eigenvalue weighted by atomic mass is 19.1. The predicted molar refractivity (Wildman–Crippen MR) is 90.6 cm³/mol. The molecule has 0 saturated carbocycles. The van der Waals surface area contributed by atoms with Gasteiger partial charge in [0.25, 0.3) is 0 Å². The number of aromatic nitrogens is 2. The summed E-state index contributed by atoms with van der Waals surface area (Å²) in [5.74, 6) is 0.739. The van der Waals surface area contributed by atoms with E-state index in [0.29, 0.717) is 26.1 Å². The number of benzene rings is 1. The standard InChI is InChI=1S/C19H22FN3O2/c20-15-3-1-2-14(12-15)19(6-10-25-11-7-19)18(24)22-16-4-5-17-21-8-9-23(17)13-16/h1-3,8-9,12,16H,4-7,10-11,13H2,(H,22,24)/t16-/m1/s1. The molecule has 0 unspecified atom stereocenters. The fourth-order valence-electron chi connectivity index (χ4n) is 3.96. The zero-order valence-corrected chi connectivity index (χ0v) is 14.1. The molecule has 0 radical (unpaired) electrons. The molecule has 132 valence electrons. The van der Waals surface area contributed by atoms with Gasteiger partial charge in [0, 0.05) is 44.6 Å². The van der Waals surface area contributed by atoms with Gasteiger partial charge in [-0.25, -0.2) is 9.37 Å². The van der Waals surface area contributed by atoms with E-state index in [1.54, 1.807) is 12.3 Å². The highest BCUT2D eigenvalue weighted by Gasteiger charge is 2.42. The molecule has 5 nitrogen and oxygen atoms in total. The highest BCUT2D eigenvalue weighted by molar-refractivity contribution is 5.88. The molecule has 0 spiro atoms. The van der Waals surface area contributed by atoms with Crippen molar-refractivity contribution in [3.63, 3.8) is 0 Å². The highest BCUT2D eigenvalue weighted by Crippen LogP contribution is 2.36. The first kappa shape index (κ1) is 16.3. The Hall–Kier alpha value is -2.21. The largest absolute Gasteiger partial charge is 0.381 e. The summed E-state index contributed by atoms with van der Waals surface area (Å²) < 4.78 is 21.3. The summed E-state index contributed by atoms with van der Waals surface area (Å²) in [6, 6.07) is 6.49. The topological polar surface area (TPSA) is 56.2 Å². The van der Waals surface area contributed by atoms with Crippen molar-refractivity contribution in [2.45, 2.75) is 43.7 Å². The van der Waals surface area contributed by atoms with Crippen molar-refractivity contribution in [2.24, 2.45) is 0 Å². The number of fused-ring (bicyclic) bond motifs is 1. The Balaban J connectivity index is 1.56. The minimum absolute atomic E-state index is 0.0186. The van der Waals surface area contributed by atoms with Crippen LogP contribution in [-0.2, 0) is 27.9 Å². The van der Waals surface area contributed by atoms with Crippen LogP contribution in [0.3, 0.4) is 0 Å². The smallest absolute Gasteiger partial charge is 0.231 e. The molecule has 1 fully saturated rings. The van der Waals surface area contributed by atoms with Crippen molar-refractivity contribution < 1.29 is 13.9 Å². The Morgan fingerprint density at radius 1 is 1.36 bits per heavy atom. The van der Waals surface area contributed by atoms with Gasteiger partial charge in [0.2, 0.25) is 5.91 Å². The van der Waals surface area contributed by atoms with Gasteiger partial charge in [0.05, 0.1) is 5.41 Å². The Morgan fingerprint density at radius 2 is 2.20 bits per heavy atom. The number of hydrogen-bond donors (Lipinski definition) is 1. The zero-order chi connectivity index (χ0) is 17.3. The van der Waals surface area contributed by atoms with Crippen LogP contribution in [0.4, 0.5) is 4.39 Å². The third kappa shape index (κ3) is 3.06. The molecule has 4 rings (SSSR count). The molecular weight excluding hydrogens is 321 g/mol. The van der Waals surface area contributed by atoms with Gasteiger partial charge in [-0.3, -0.25) is 4.79 Å². The number of hydrogen-bond acceptors (Lipinski definition) is 3. The van der Waals surface area contributed by atoms with Gasteiger partial charge in [-0.15, -0.1) is 0 Å². The minimum atomic E-state index is -0.713. The average Bonchev–Trinajstić information content (AvgIpc) is 3.10. The second-order valence-corrected chi connectivity index (χ2v) is 6.91. The predicted octanol–water partition coefficient (Wildman–Crippen LogP) is 2.20. The van der Waals surface area contributed by atoms with Gasteiger partial charge in [-0.05, 0) is 37.0 Å². The summed E-state index contributed by atoms with van der Waals surface area (Å²) >= 11 is 0. The quantitative estimate of drug-likeness (QED) is 0.930. The van der Waals surface area contributed by atoms with Crippen LogP contribution >= 0.6 is 0 Å². The van der Waals surface area contributed by atoms with Crippen molar-refractivity contribution in [2.75, 3.05) is 13.2 Å². The van der Waals surface area contributed by atoms with E-state index in [9.17, 15) is 9.18 Å².